The molecule has 2 amide bonds. The summed E-state index contributed by atoms with van der Waals surface area (Å²) in [6, 6.07) is 3.81. The number of amides is 2. The minimum atomic E-state index is -0.0398. The SMILES string of the molecule is CCCNC(=O)N1CC(Oc2cc(C)n(C3CC3)c(=O)c2)C1. The summed E-state index contributed by atoms with van der Waals surface area (Å²) in [5.74, 6) is 0.609. The first-order valence-corrected chi connectivity index (χ1v) is 8.01. The number of pyridine rings is 1. The number of ether oxygens (including phenoxy) is 1. The number of aryl methyl sites for hydroxylation is 1. The third-order valence-electron chi connectivity index (χ3n) is 4.11. The number of hydrogen-bond donors (Lipinski definition) is 1. The van der Waals surface area contributed by atoms with Gasteiger partial charge in [-0.1, -0.05) is 6.92 Å². The minimum absolute atomic E-state index is 0.00867. The Hall–Kier alpha value is -1.98. The summed E-state index contributed by atoms with van der Waals surface area (Å²) < 4.78 is 7.66. The lowest BCUT2D eigenvalue weighted by molar-refractivity contribution is 0.0443. The number of nitrogens with one attached hydrogen (secondary N) is 1. The summed E-state index contributed by atoms with van der Waals surface area (Å²) in [5.41, 5.74) is 0.955. The van der Waals surface area contributed by atoms with Crippen molar-refractivity contribution >= 4 is 6.03 Å². The Bertz CT molecular complexity index is 616. The Labute approximate surface area is 130 Å². The fourth-order valence-corrected chi connectivity index (χ4v) is 2.77. The number of nitrogens with zero attached hydrogens (tertiary/aromatic N) is 2. The van der Waals surface area contributed by atoms with Crippen LogP contribution in [0.1, 0.15) is 37.9 Å². The second-order valence-electron chi connectivity index (χ2n) is 6.15. The molecule has 22 heavy (non-hydrogen) atoms. The summed E-state index contributed by atoms with van der Waals surface area (Å²) in [4.78, 5) is 25.6. The maximum Gasteiger partial charge on any atom is 0.317 e. The van der Waals surface area contributed by atoms with Crippen molar-refractivity contribution in [3.05, 3.63) is 28.2 Å². The van der Waals surface area contributed by atoms with Gasteiger partial charge in [0.1, 0.15) is 11.9 Å². The quantitative estimate of drug-likeness (QED) is 0.900. The molecule has 2 aliphatic rings. The van der Waals surface area contributed by atoms with Gasteiger partial charge in [-0.2, -0.15) is 0 Å². The Balaban J connectivity index is 1.55. The first-order chi connectivity index (χ1) is 10.6. The van der Waals surface area contributed by atoms with Crippen LogP contribution in [0.5, 0.6) is 5.75 Å². The molecule has 0 unspecified atom stereocenters. The van der Waals surface area contributed by atoms with Gasteiger partial charge in [-0.15, -0.1) is 0 Å². The molecule has 1 saturated heterocycles. The second-order valence-corrected chi connectivity index (χ2v) is 6.15. The summed E-state index contributed by atoms with van der Waals surface area (Å²) in [5, 5.41) is 2.84. The van der Waals surface area contributed by atoms with E-state index in [1.165, 1.54) is 0 Å². The Morgan fingerprint density at radius 3 is 2.68 bits per heavy atom. The summed E-state index contributed by atoms with van der Waals surface area (Å²) >= 11 is 0. The lowest BCUT2D eigenvalue weighted by Gasteiger charge is -2.38. The highest BCUT2D eigenvalue weighted by molar-refractivity contribution is 5.75. The van der Waals surface area contributed by atoms with Gasteiger partial charge in [0.25, 0.3) is 5.56 Å². The van der Waals surface area contributed by atoms with Gasteiger partial charge in [-0.25, -0.2) is 4.79 Å². The van der Waals surface area contributed by atoms with Gasteiger partial charge in [0.2, 0.25) is 0 Å². The largest absolute Gasteiger partial charge is 0.486 e. The molecule has 0 spiro atoms. The minimum Gasteiger partial charge on any atom is -0.486 e. The van der Waals surface area contributed by atoms with Gasteiger partial charge in [0.05, 0.1) is 13.1 Å². The molecule has 2 fully saturated rings. The van der Waals surface area contributed by atoms with Crippen LogP contribution < -0.4 is 15.6 Å². The third-order valence-corrected chi connectivity index (χ3v) is 4.11. The molecule has 1 aromatic rings. The van der Waals surface area contributed by atoms with Gasteiger partial charge in [-0.05, 0) is 32.3 Å². The zero-order chi connectivity index (χ0) is 15.7. The van der Waals surface area contributed by atoms with Crippen LogP contribution in [0.4, 0.5) is 4.79 Å². The number of hydrogen-bond acceptors (Lipinski definition) is 3. The van der Waals surface area contributed by atoms with E-state index in [0.29, 0.717) is 31.4 Å². The zero-order valence-corrected chi connectivity index (χ0v) is 13.2. The van der Waals surface area contributed by atoms with Crippen molar-refractivity contribution in [2.75, 3.05) is 19.6 Å². The summed E-state index contributed by atoms with van der Waals surface area (Å²) in [7, 11) is 0. The maximum absolute atomic E-state index is 12.1. The van der Waals surface area contributed by atoms with Crippen molar-refractivity contribution in [2.24, 2.45) is 0 Å². The van der Waals surface area contributed by atoms with Crippen molar-refractivity contribution in [3.8, 4) is 5.75 Å². The molecule has 0 aromatic carbocycles. The first kappa shape index (κ1) is 14.9. The fourth-order valence-electron chi connectivity index (χ4n) is 2.77. The average molecular weight is 305 g/mol. The predicted molar refractivity (Wildman–Crippen MR) is 83.4 cm³/mol. The van der Waals surface area contributed by atoms with Crippen LogP contribution in [0.2, 0.25) is 0 Å². The third kappa shape index (κ3) is 3.10. The van der Waals surface area contributed by atoms with Crippen LogP contribution in [-0.2, 0) is 0 Å². The van der Waals surface area contributed by atoms with E-state index in [2.05, 4.69) is 5.32 Å². The summed E-state index contributed by atoms with van der Waals surface area (Å²) in [6.07, 6.45) is 3.08. The highest BCUT2D eigenvalue weighted by Crippen LogP contribution is 2.34. The molecular weight excluding hydrogens is 282 g/mol. The monoisotopic (exact) mass is 305 g/mol. The molecule has 1 N–H and O–H groups in total. The highest BCUT2D eigenvalue weighted by Gasteiger charge is 2.32. The van der Waals surface area contributed by atoms with Crippen LogP contribution in [0.3, 0.4) is 0 Å². The summed E-state index contributed by atoms with van der Waals surface area (Å²) in [6.45, 7) is 5.80. The average Bonchev–Trinajstić information content (AvgIpc) is 3.23. The smallest absolute Gasteiger partial charge is 0.317 e. The van der Waals surface area contributed by atoms with Crippen LogP contribution in [0.15, 0.2) is 16.9 Å². The standard InChI is InChI=1S/C16H23N3O3/c1-3-6-17-16(21)18-9-14(10-18)22-13-7-11(2)19(12-4-5-12)15(20)8-13/h7-8,12,14H,3-6,9-10H2,1-2H3,(H,17,21). The molecule has 1 aromatic heterocycles. The molecule has 120 valence electrons. The molecule has 6 heteroatoms. The molecular formula is C16H23N3O3. The van der Waals surface area contributed by atoms with Gasteiger partial charge in [0, 0.05) is 24.3 Å². The van der Waals surface area contributed by atoms with E-state index in [1.807, 2.05) is 24.5 Å². The molecule has 3 rings (SSSR count). The molecule has 0 atom stereocenters. The fraction of sp³-hybridized carbons (Fsp3) is 0.625. The number of carbonyl (C=O) groups is 1. The van der Waals surface area contributed by atoms with Crippen molar-refractivity contribution in [1.82, 2.24) is 14.8 Å². The van der Waals surface area contributed by atoms with Crippen molar-refractivity contribution in [2.45, 2.75) is 45.3 Å². The maximum atomic E-state index is 12.1. The Morgan fingerprint density at radius 2 is 2.09 bits per heavy atom. The Morgan fingerprint density at radius 1 is 1.36 bits per heavy atom. The Kier molecular flexibility index (Phi) is 4.09. The zero-order valence-electron chi connectivity index (χ0n) is 13.2. The highest BCUT2D eigenvalue weighted by atomic mass is 16.5. The number of rotatable bonds is 5. The second kappa shape index (κ2) is 6.02. The van der Waals surface area contributed by atoms with Crippen LogP contribution in [0.25, 0.3) is 0 Å². The molecule has 1 aliphatic heterocycles. The predicted octanol–water partition coefficient (Wildman–Crippen LogP) is 1.67. The lowest BCUT2D eigenvalue weighted by Crippen LogP contribution is -2.59. The van der Waals surface area contributed by atoms with E-state index in [9.17, 15) is 9.59 Å². The van der Waals surface area contributed by atoms with E-state index in [-0.39, 0.29) is 17.7 Å². The molecule has 1 saturated carbocycles. The van der Waals surface area contributed by atoms with Gasteiger partial charge < -0.3 is 19.5 Å². The van der Waals surface area contributed by atoms with Crippen LogP contribution in [-0.4, -0.2) is 41.2 Å². The van der Waals surface area contributed by atoms with Crippen molar-refractivity contribution in [3.63, 3.8) is 0 Å². The van der Waals surface area contributed by atoms with Crippen LogP contribution in [0, 0.1) is 6.92 Å². The van der Waals surface area contributed by atoms with E-state index in [1.54, 1.807) is 11.0 Å². The number of urea groups is 1. The molecule has 6 nitrogen and oxygen atoms in total. The van der Waals surface area contributed by atoms with Gasteiger partial charge in [-0.3, -0.25) is 4.79 Å². The van der Waals surface area contributed by atoms with Gasteiger partial charge in [0.15, 0.2) is 0 Å². The van der Waals surface area contributed by atoms with Gasteiger partial charge >= 0.3 is 6.03 Å². The van der Waals surface area contributed by atoms with E-state index >= 15 is 0 Å². The first-order valence-electron chi connectivity index (χ1n) is 8.01. The van der Waals surface area contributed by atoms with Crippen LogP contribution >= 0.6 is 0 Å². The normalized spacial score (nSPS) is 18.0. The molecule has 2 heterocycles. The lowest BCUT2D eigenvalue weighted by atomic mass is 10.2. The van der Waals surface area contributed by atoms with E-state index < -0.39 is 0 Å². The van der Waals surface area contributed by atoms with E-state index in [4.69, 9.17) is 4.74 Å². The number of carbonyl (C=O) groups excluding carboxylic acids is 1. The van der Waals surface area contributed by atoms with Crippen molar-refractivity contribution in [1.29, 1.82) is 0 Å². The van der Waals surface area contributed by atoms with E-state index in [0.717, 1.165) is 25.0 Å². The van der Waals surface area contributed by atoms with Crippen molar-refractivity contribution < 1.29 is 9.53 Å². The molecule has 0 radical (unpaired) electrons. The molecule has 0 bridgehead atoms. The number of aromatic nitrogens is 1. The molecule has 1 aliphatic carbocycles. The topological polar surface area (TPSA) is 63.6 Å². The number of likely N-dealkylation sites (tertiary alicyclic amines) is 1.